The van der Waals surface area contributed by atoms with Crippen LogP contribution in [0.2, 0.25) is 0 Å². The van der Waals surface area contributed by atoms with E-state index in [0.717, 1.165) is 34.4 Å². The standard InChI is InChI=1S/C28H20N2O/c1-2-4-23(5-3-1)14-19-31-28-21-26(8-6-24-10-15-29-16-11-24)20-27(22-28)9-7-25-12-17-30-18-13-25/h1-5,10-13,15-18,20-22H,14,19H2. The summed E-state index contributed by atoms with van der Waals surface area (Å²) in [6.07, 6.45) is 7.78. The minimum Gasteiger partial charge on any atom is -0.493 e. The molecular formula is C28H20N2O. The van der Waals surface area contributed by atoms with Crippen LogP contribution in [-0.4, -0.2) is 16.6 Å². The first-order valence-electron chi connectivity index (χ1n) is 10.0. The van der Waals surface area contributed by atoms with Crippen molar-refractivity contribution in [1.29, 1.82) is 0 Å². The van der Waals surface area contributed by atoms with Gasteiger partial charge in [0, 0.05) is 53.5 Å². The van der Waals surface area contributed by atoms with Crippen LogP contribution in [-0.2, 0) is 6.42 Å². The van der Waals surface area contributed by atoms with Crippen molar-refractivity contribution in [2.24, 2.45) is 0 Å². The fourth-order valence-electron chi connectivity index (χ4n) is 2.92. The van der Waals surface area contributed by atoms with Crippen molar-refractivity contribution in [2.45, 2.75) is 6.42 Å². The van der Waals surface area contributed by atoms with E-state index in [1.54, 1.807) is 24.8 Å². The summed E-state index contributed by atoms with van der Waals surface area (Å²) in [7, 11) is 0. The van der Waals surface area contributed by atoms with E-state index < -0.39 is 0 Å². The molecule has 0 radical (unpaired) electrons. The molecule has 2 aromatic carbocycles. The van der Waals surface area contributed by atoms with Crippen LogP contribution in [0.1, 0.15) is 27.8 Å². The topological polar surface area (TPSA) is 35.0 Å². The number of nitrogens with zero attached hydrogens (tertiary/aromatic N) is 2. The van der Waals surface area contributed by atoms with Gasteiger partial charge in [-0.3, -0.25) is 9.97 Å². The molecule has 0 fully saturated rings. The quantitative estimate of drug-likeness (QED) is 0.457. The number of hydrogen-bond acceptors (Lipinski definition) is 3. The van der Waals surface area contributed by atoms with Gasteiger partial charge in [-0.15, -0.1) is 0 Å². The lowest BCUT2D eigenvalue weighted by Crippen LogP contribution is -2.01. The molecule has 0 N–H and O–H groups in total. The molecule has 3 nitrogen and oxygen atoms in total. The van der Waals surface area contributed by atoms with Crippen molar-refractivity contribution in [3.8, 4) is 29.4 Å². The minimum atomic E-state index is 0.586. The van der Waals surface area contributed by atoms with E-state index in [0.29, 0.717) is 6.61 Å². The van der Waals surface area contributed by atoms with Crippen molar-refractivity contribution in [2.75, 3.05) is 6.61 Å². The van der Waals surface area contributed by atoms with Crippen molar-refractivity contribution in [1.82, 2.24) is 9.97 Å². The van der Waals surface area contributed by atoms with Gasteiger partial charge in [-0.05, 0) is 48.0 Å². The molecule has 0 unspecified atom stereocenters. The highest BCUT2D eigenvalue weighted by Crippen LogP contribution is 2.17. The summed E-state index contributed by atoms with van der Waals surface area (Å²) in [5.41, 5.74) is 4.78. The minimum absolute atomic E-state index is 0.586. The lowest BCUT2D eigenvalue weighted by atomic mass is 10.1. The van der Waals surface area contributed by atoms with Crippen LogP contribution in [0.4, 0.5) is 0 Å². The van der Waals surface area contributed by atoms with Crippen LogP contribution in [0.3, 0.4) is 0 Å². The van der Waals surface area contributed by atoms with Gasteiger partial charge in [0.1, 0.15) is 5.75 Å². The maximum Gasteiger partial charge on any atom is 0.121 e. The number of benzene rings is 2. The monoisotopic (exact) mass is 400 g/mol. The molecule has 0 aliphatic carbocycles. The van der Waals surface area contributed by atoms with Crippen LogP contribution in [0.25, 0.3) is 0 Å². The van der Waals surface area contributed by atoms with E-state index in [-0.39, 0.29) is 0 Å². The van der Waals surface area contributed by atoms with Crippen LogP contribution >= 0.6 is 0 Å². The van der Waals surface area contributed by atoms with E-state index in [4.69, 9.17) is 4.74 Å². The summed E-state index contributed by atoms with van der Waals surface area (Å²) in [4.78, 5) is 8.06. The first kappa shape index (κ1) is 20.0. The molecule has 4 aromatic rings. The first-order chi connectivity index (χ1) is 15.3. The number of hydrogen-bond donors (Lipinski definition) is 0. The van der Waals surface area contributed by atoms with Crippen LogP contribution in [0.15, 0.2) is 97.6 Å². The molecule has 2 aromatic heterocycles. The molecule has 0 spiro atoms. The predicted octanol–water partition coefficient (Wildman–Crippen LogP) is 4.90. The third-order valence-electron chi connectivity index (χ3n) is 4.47. The third-order valence-corrected chi connectivity index (χ3v) is 4.47. The zero-order valence-corrected chi connectivity index (χ0v) is 17.0. The van der Waals surface area contributed by atoms with Gasteiger partial charge in [0.15, 0.2) is 0 Å². The van der Waals surface area contributed by atoms with E-state index >= 15 is 0 Å². The summed E-state index contributed by atoms with van der Waals surface area (Å²) < 4.78 is 6.04. The highest BCUT2D eigenvalue weighted by Gasteiger charge is 2.01. The number of rotatable bonds is 4. The van der Waals surface area contributed by atoms with E-state index in [2.05, 4.69) is 45.8 Å². The van der Waals surface area contributed by atoms with Crippen molar-refractivity contribution < 1.29 is 4.74 Å². The second-order valence-corrected chi connectivity index (χ2v) is 6.80. The second-order valence-electron chi connectivity index (χ2n) is 6.80. The molecule has 0 aliphatic heterocycles. The first-order valence-corrected chi connectivity index (χ1v) is 10.0. The highest BCUT2D eigenvalue weighted by atomic mass is 16.5. The molecule has 4 rings (SSSR count). The molecule has 2 heterocycles. The number of pyridine rings is 2. The largest absolute Gasteiger partial charge is 0.493 e. The fourth-order valence-corrected chi connectivity index (χ4v) is 2.92. The molecular weight excluding hydrogens is 380 g/mol. The second kappa shape index (κ2) is 10.4. The lowest BCUT2D eigenvalue weighted by molar-refractivity contribution is 0.322. The van der Waals surface area contributed by atoms with E-state index in [1.165, 1.54) is 5.56 Å². The van der Waals surface area contributed by atoms with Gasteiger partial charge >= 0.3 is 0 Å². The molecule has 0 atom stereocenters. The van der Waals surface area contributed by atoms with Gasteiger partial charge in [0.2, 0.25) is 0 Å². The summed E-state index contributed by atoms with van der Waals surface area (Å²) in [5, 5.41) is 0. The molecule has 3 heteroatoms. The third kappa shape index (κ3) is 6.32. The SMILES string of the molecule is C(#Cc1cc(C#Cc2ccncc2)cc(OCCc2ccccc2)c1)c1ccncc1. The summed E-state index contributed by atoms with van der Waals surface area (Å²) in [6, 6.07) is 23.7. The summed E-state index contributed by atoms with van der Waals surface area (Å²) in [6.45, 7) is 0.586. The Balaban J connectivity index is 1.57. The van der Waals surface area contributed by atoms with Crippen LogP contribution in [0, 0.1) is 23.7 Å². The maximum atomic E-state index is 6.04. The van der Waals surface area contributed by atoms with Crippen LogP contribution < -0.4 is 4.74 Å². The molecule has 0 aliphatic rings. The Morgan fingerprint density at radius 1 is 0.581 bits per heavy atom. The zero-order valence-electron chi connectivity index (χ0n) is 17.0. The molecule has 148 valence electrons. The van der Waals surface area contributed by atoms with Gasteiger partial charge in [0.25, 0.3) is 0 Å². The fraction of sp³-hybridized carbons (Fsp3) is 0.0714. The highest BCUT2D eigenvalue weighted by molar-refractivity contribution is 5.52. The normalized spacial score (nSPS) is 9.68. The molecule has 0 saturated carbocycles. The van der Waals surface area contributed by atoms with Gasteiger partial charge in [0.05, 0.1) is 6.61 Å². The number of aromatic nitrogens is 2. The van der Waals surface area contributed by atoms with E-state index in [1.807, 2.05) is 60.7 Å². The van der Waals surface area contributed by atoms with Gasteiger partial charge < -0.3 is 4.74 Å². The maximum absolute atomic E-state index is 6.04. The number of ether oxygens (including phenoxy) is 1. The Bertz CT molecular complexity index is 1170. The Kier molecular flexibility index (Phi) is 6.72. The Morgan fingerprint density at radius 2 is 1.10 bits per heavy atom. The zero-order chi connectivity index (χ0) is 21.1. The average Bonchev–Trinajstić information content (AvgIpc) is 2.83. The molecule has 0 amide bonds. The predicted molar refractivity (Wildman–Crippen MR) is 123 cm³/mol. The molecule has 0 bridgehead atoms. The smallest absolute Gasteiger partial charge is 0.121 e. The van der Waals surface area contributed by atoms with Crippen LogP contribution in [0.5, 0.6) is 5.75 Å². The summed E-state index contributed by atoms with van der Waals surface area (Å²) >= 11 is 0. The Morgan fingerprint density at radius 3 is 1.65 bits per heavy atom. The van der Waals surface area contributed by atoms with Gasteiger partial charge in [-0.2, -0.15) is 0 Å². The van der Waals surface area contributed by atoms with Gasteiger partial charge in [-0.25, -0.2) is 0 Å². The molecule has 0 saturated heterocycles. The van der Waals surface area contributed by atoms with Crippen molar-refractivity contribution >= 4 is 0 Å². The Hall–Kier alpha value is -4.34. The van der Waals surface area contributed by atoms with Crippen molar-refractivity contribution in [3.05, 3.63) is 125 Å². The lowest BCUT2D eigenvalue weighted by Gasteiger charge is -2.08. The van der Waals surface area contributed by atoms with Crippen molar-refractivity contribution in [3.63, 3.8) is 0 Å². The average molecular weight is 400 g/mol. The van der Waals surface area contributed by atoms with E-state index in [9.17, 15) is 0 Å². The molecule has 31 heavy (non-hydrogen) atoms. The Labute approximate surface area is 182 Å². The summed E-state index contributed by atoms with van der Waals surface area (Å²) in [5.74, 6) is 13.5. The van der Waals surface area contributed by atoms with Gasteiger partial charge in [-0.1, -0.05) is 54.0 Å².